The van der Waals surface area contributed by atoms with E-state index in [0.29, 0.717) is 0 Å². The molecule has 1 aromatic carbocycles. The van der Waals surface area contributed by atoms with Crippen LogP contribution in [0.3, 0.4) is 0 Å². The first-order valence-corrected chi connectivity index (χ1v) is 6.30. The van der Waals surface area contributed by atoms with E-state index in [2.05, 4.69) is 32.6 Å². The Morgan fingerprint density at radius 1 is 1.25 bits per heavy atom. The molecule has 2 aromatic heterocycles. The predicted molar refractivity (Wildman–Crippen MR) is 72.0 cm³/mol. The number of aryl methyl sites for hydroxylation is 2. The third kappa shape index (κ3) is 2.62. The van der Waals surface area contributed by atoms with Gasteiger partial charge in [0.05, 0.1) is 18.1 Å². The van der Waals surface area contributed by atoms with Crippen molar-refractivity contribution in [3.05, 3.63) is 41.9 Å². The third-order valence-electron chi connectivity index (χ3n) is 3.03. The van der Waals surface area contributed by atoms with Gasteiger partial charge in [-0.05, 0) is 30.5 Å². The number of methoxy groups -OCH3 is 1. The van der Waals surface area contributed by atoms with E-state index in [0.717, 1.165) is 29.4 Å². The fourth-order valence-electron chi connectivity index (χ4n) is 2.04. The minimum Gasteiger partial charge on any atom is -0.367 e. The van der Waals surface area contributed by atoms with Crippen molar-refractivity contribution in [3.8, 4) is 0 Å². The van der Waals surface area contributed by atoms with E-state index in [-0.39, 0.29) is 6.79 Å². The molecule has 2 heterocycles. The van der Waals surface area contributed by atoms with Gasteiger partial charge in [-0.25, -0.2) is 0 Å². The molecular weight excluding hydrogens is 258 g/mol. The summed E-state index contributed by atoms with van der Waals surface area (Å²) in [4.78, 5) is 6.80. The first-order chi connectivity index (χ1) is 9.86. The Bertz CT molecular complexity index is 677. The van der Waals surface area contributed by atoms with Crippen LogP contribution in [0.25, 0.3) is 10.9 Å². The van der Waals surface area contributed by atoms with Crippen molar-refractivity contribution in [1.82, 2.24) is 25.4 Å². The molecule has 0 saturated carbocycles. The fraction of sp³-hybridized carbons (Fsp3) is 0.308. The van der Waals surface area contributed by atoms with Gasteiger partial charge in [0.25, 0.3) is 0 Å². The van der Waals surface area contributed by atoms with E-state index >= 15 is 0 Å². The number of aromatic nitrogens is 5. The van der Waals surface area contributed by atoms with Crippen LogP contribution in [0.5, 0.6) is 0 Å². The summed E-state index contributed by atoms with van der Waals surface area (Å²) in [7, 11) is 1.58. The van der Waals surface area contributed by atoms with Crippen LogP contribution in [-0.2, 0) is 17.6 Å². The fourth-order valence-corrected chi connectivity index (χ4v) is 2.04. The molecule has 0 aliphatic carbocycles. The van der Waals surface area contributed by atoms with Gasteiger partial charge in [0.1, 0.15) is 5.52 Å². The summed E-state index contributed by atoms with van der Waals surface area (Å²) < 4.78 is 4.87. The van der Waals surface area contributed by atoms with Crippen molar-refractivity contribution in [3.63, 3.8) is 0 Å². The zero-order valence-electron chi connectivity index (χ0n) is 11.1. The average molecular weight is 273 g/mol. The minimum absolute atomic E-state index is 0.171. The van der Waals surface area contributed by atoms with E-state index in [4.69, 9.17) is 9.57 Å². The third-order valence-corrected chi connectivity index (χ3v) is 3.03. The van der Waals surface area contributed by atoms with Gasteiger partial charge in [0, 0.05) is 12.5 Å². The highest BCUT2D eigenvalue weighted by atomic mass is 16.8. The van der Waals surface area contributed by atoms with Crippen LogP contribution in [-0.4, -0.2) is 39.3 Å². The summed E-state index contributed by atoms with van der Waals surface area (Å²) in [5.41, 5.74) is 3.11. The Labute approximate surface area is 115 Å². The number of H-pyrrole nitrogens is 1. The van der Waals surface area contributed by atoms with Gasteiger partial charge in [-0.3, -0.25) is 0 Å². The molecule has 1 N–H and O–H groups in total. The number of ether oxygens (including phenoxy) is 1. The van der Waals surface area contributed by atoms with Gasteiger partial charge < -0.3 is 9.57 Å². The number of nitrogens with one attached hydrogen (secondary N) is 1. The quantitative estimate of drug-likeness (QED) is 0.677. The van der Waals surface area contributed by atoms with Gasteiger partial charge >= 0.3 is 0 Å². The van der Waals surface area contributed by atoms with Gasteiger partial charge in [-0.1, -0.05) is 10.9 Å². The molecule has 0 aliphatic heterocycles. The SMILES string of the molecule is COCOn1ncc2cc(CCc3cn[nH]n3)ccc21. The maximum atomic E-state index is 5.33. The Morgan fingerprint density at radius 2 is 2.20 bits per heavy atom. The molecular formula is C13H15N5O2. The summed E-state index contributed by atoms with van der Waals surface area (Å²) in [6.07, 6.45) is 5.29. The summed E-state index contributed by atoms with van der Waals surface area (Å²) in [5.74, 6) is 0. The van der Waals surface area contributed by atoms with Crippen LogP contribution < -0.4 is 4.84 Å². The molecule has 104 valence electrons. The smallest absolute Gasteiger partial charge is 0.216 e. The molecule has 7 heteroatoms. The summed E-state index contributed by atoms with van der Waals surface area (Å²) in [6, 6.07) is 6.17. The standard InChI is InChI=1S/C13H15N5O2/c1-19-9-20-18-13-5-3-10(6-11(13)7-15-18)2-4-12-8-14-17-16-12/h3,5-8H,2,4,9H2,1H3,(H,14,16,17). The molecule has 0 bridgehead atoms. The lowest BCUT2D eigenvalue weighted by Crippen LogP contribution is -2.14. The minimum atomic E-state index is 0.171. The molecule has 0 unspecified atom stereocenters. The molecule has 3 rings (SSSR count). The molecule has 0 saturated heterocycles. The monoisotopic (exact) mass is 273 g/mol. The Hall–Kier alpha value is -2.41. The number of aromatic amines is 1. The zero-order chi connectivity index (χ0) is 13.8. The van der Waals surface area contributed by atoms with E-state index in [1.54, 1.807) is 19.5 Å². The molecule has 20 heavy (non-hydrogen) atoms. The van der Waals surface area contributed by atoms with Gasteiger partial charge in [0.15, 0.2) is 0 Å². The van der Waals surface area contributed by atoms with Crippen LogP contribution in [0.4, 0.5) is 0 Å². The van der Waals surface area contributed by atoms with Crippen molar-refractivity contribution in [1.29, 1.82) is 0 Å². The number of benzene rings is 1. The number of fused-ring (bicyclic) bond motifs is 1. The van der Waals surface area contributed by atoms with Crippen LogP contribution in [0.2, 0.25) is 0 Å². The van der Waals surface area contributed by atoms with E-state index in [1.807, 2.05) is 6.07 Å². The maximum Gasteiger partial charge on any atom is 0.216 e. The molecule has 0 amide bonds. The van der Waals surface area contributed by atoms with Crippen molar-refractivity contribution in [2.75, 3.05) is 13.9 Å². The lowest BCUT2D eigenvalue weighted by molar-refractivity contribution is -0.0464. The first kappa shape index (κ1) is 12.6. The van der Waals surface area contributed by atoms with Crippen LogP contribution in [0.1, 0.15) is 11.3 Å². The lowest BCUT2D eigenvalue weighted by atomic mass is 10.1. The number of rotatable bonds is 6. The normalized spacial score (nSPS) is 11.1. The number of hydrogen-bond donors (Lipinski definition) is 1. The number of nitrogens with zero attached hydrogens (tertiary/aromatic N) is 4. The Balaban J connectivity index is 1.74. The lowest BCUT2D eigenvalue weighted by Gasteiger charge is -2.05. The molecule has 0 fully saturated rings. The average Bonchev–Trinajstić information content (AvgIpc) is 3.12. The highest BCUT2D eigenvalue weighted by molar-refractivity contribution is 5.79. The Morgan fingerprint density at radius 3 is 3.00 bits per heavy atom. The highest BCUT2D eigenvalue weighted by Gasteiger charge is 2.05. The van der Waals surface area contributed by atoms with E-state index in [1.165, 1.54) is 10.4 Å². The van der Waals surface area contributed by atoms with Gasteiger partial charge in [-0.2, -0.15) is 15.4 Å². The van der Waals surface area contributed by atoms with E-state index < -0.39 is 0 Å². The second-order valence-corrected chi connectivity index (χ2v) is 4.41. The second-order valence-electron chi connectivity index (χ2n) is 4.41. The van der Waals surface area contributed by atoms with Crippen LogP contribution in [0.15, 0.2) is 30.6 Å². The van der Waals surface area contributed by atoms with Crippen molar-refractivity contribution < 1.29 is 9.57 Å². The second kappa shape index (κ2) is 5.70. The molecule has 0 aliphatic rings. The zero-order valence-corrected chi connectivity index (χ0v) is 11.1. The molecule has 0 radical (unpaired) electrons. The number of hydrogen-bond acceptors (Lipinski definition) is 5. The highest BCUT2D eigenvalue weighted by Crippen LogP contribution is 2.16. The maximum absolute atomic E-state index is 5.33. The first-order valence-electron chi connectivity index (χ1n) is 6.30. The summed E-state index contributed by atoms with van der Waals surface area (Å²) in [6.45, 7) is 0.171. The summed E-state index contributed by atoms with van der Waals surface area (Å²) >= 11 is 0. The van der Waals surface area contributed by atoms with Crippen molar-refractivity contribution >= 4 is 10.9 Å². The predicted octanol–water partition coefficient (Wildman–Crippen LogP) is 0.972. The van der Waals surface area contributed by atoms with Gasteiger partial charge in [0.2, 0.25) is 6.79 Å². The molecule has 3 aromatic rings. The largest absolute Gasteiger partial charge is 0.367 e. The summed E-state index contributed by atoms with van der Waals surface area (Å²) in [5, 5.41) is 15.7. The van der Waals surface area contributed by atoms with E-state index in [9.17, 15) is 0 Å². The topological polar surface area (TPSA) is 77.9 Å². The van der Waals surface area contributed by atoms with Crippen LogP contribution >= 0.6 is 0 Å². The van der Waals surface area contributed by atoms with Crippen molar-refractivity contribution in [2.45, 2.75) is 12.8 Å². The van der Waals surface area contributed by atoms with Gasteiger partial charge in [-0.15, -0.1) is 5.10 Å². The molecule has 0 spiro atoms. The van der Waals surface area contributed by atoms with Crippen molar-refractivity contribution in [2.24, 2.45) is 0 Å². The Kier molecular flexibility index (Phi) is 3.60. The van der Waals surface area contributed by atoms with Crippen LogP contribution in [0, 0.1) is 0 Å². The molecule has 7 nitrogen and oxygen atoms in total. The molecule has 0 atom stereocenters.